The van der Waals surface area contributed by atoms with Gasteiger partial charge in [-0.05, 0) is 52.5 Å². The molecule has 1 atom stereocenters. The summed E-state index contributed by atoms with van der Waals surface area (Å²) in [7, 11) is 0. The fourth-order valence-electron chi connectivity index (χ4n) is 2.53. The van der Waals surface area contributed by atoms with Crippen LogP contribution in [0.2, 0.25) is 0 Å². The topological polar surface area (TPSA) is 9.23 Å². The van der Waals surface area contributed by atoms with Crippen molar-refractivity contribution >= 4 is 27.5 Å². The van der Waals surface area contributed by atoms with Gasteiger partial charge in [0.2, 0.25) is 0 Å². The summed E-state index contributed by atoms with van der Waals surface area (Å²) in [5.74, 6) is 0.846. The number of alkyl halides is 1. The number of unbranched alkanes of at least 4 members (excludes halogenated alkanes) is 2. The summed E-state index contributed by atoms with van der Waals surface area (Å²) in [6.07, 6.45) is 4.57. The second-order valence-electron chi connectivity index (χ2n) is 6.07. The lowest BCUT2D eigenvalue weighted by atomic mass is 9.94. The predicted octanol–water partition coefficient (Wildman–Crippen LogP) is 7.06. The maximum absolute atomic E-state index is 6.73. The second kappa shape index (κ2) is 8.75. The SMILES string of the molecule is CCCCCC(C)(Cl)c1ccc(OCc2ccccc2)c(Br)c1. The van der Waals surface area contributed by atoms with E-state index in [0.717, 1.165) is 34.2 Å². The fourth-order valence-corrected chi connectivity index (χ4v) is 3.27. The summed E-state index contributed by atoms with van der Waals surface area (Å²) in [4.78, 5) is -0.324. The Bertz CT molecular complexity index is 610. The molecule has 124 valence electrons. The van der Waals surface area contributed by atoms with Crippen LogP contribution in [0.1, 0.15) is 50.7 Å². The van der Waals surface area contributed by atoms with E-state index in [0.29, 0.717) is 6.61 Å². The van der Waals surface area contributed by atoms with Gasteiger partial charge >= 0.3 is 0 Å². The molecule has 0 bridgehead atoms. The molecule has 3 heteroatoms. The molecule has 0 aromatic heterocycles. The highest BCUT2D eigenvalue weighted by atomic mass is 79.9. The van der Waals surface area contributed by atoms with Crippen molar-refractivity contribution in [2.24, 2.45) is 0 Å². The average molecular weight is 396 g/mol. The fraction of sp³-hybridized carbons (Fsp3) is 0.400. The van der Waals surface area contributed by atoms with Crippen LogP contribution in [0, 0.1) is 0 Å². The summed E-state index contributed by atoms with van der Waals surface area (Å²) in [6.45, 7) is 4.87. The van der Waals surface area contributed by atoms with Gasteiger partial charge in [-0.1, -0.05) is 62.6 Å². The van der Waals surface area contributed by atoms with Crippen LogP contribution in [0.4, 0.5) is 0 Å². The Morgan fingerprint density at radius 2 is 1.83 bits per heavy atom. The Morgan fingerprint density at radius 3 is 2.48 bits per heavy atom. The molecule has 0 aliphatic carbocycles. The van der Waals surface area contributed by atoms with E-state index in [1.807, 2.05) is 24.3 Å². The second-order valence-corrected chi connectivity index (χ2v) is 7.76. The molecule has 2 rings (SSSR count). The largest absolute Gasteiger partial charge is 0.488 e. The van der Waals surface area contributed by atoms with Crippen LogP contribution in [-0.2, 0) is 11.5 Å². The minimum Gasteiger partial charge on any atom is -0.488 e. The zero-order valence-electron chi connectivity index (χ0n) is 13.8. The maximum atomic E-state index is 6.73. The molecule has 0 radical (unpaired) electrons. The van der Waals surface area contributed by atoms with Gasteiger partial charge < -0.3 is 4.74 Å². The van der Waals surface area contributed by atoms with E-state index in [1.54, 1.807) is 0 Å². The standard InChI is InChI=1S/C20H24BrClO/c1-3-4-8-13-20(2,22)17-11-12-19(18(21)14-17)23-15-16-9-6-5-7-10-16/h5-7,9-12,14H,3-4,8,13,15H2,1-2H3. The molecule has 2 aromatic carbocycles. The van der Waals surface area contributed by atoms with Gasteiger partial charge in [0.15, 0.2) is 0 Å². The van der Waals surface area contributed by atoms with E-state index >= 15 is 0 Å². The number of rotatable bonds is 8. The molecule has 2 aromatic rings. The summed E-state index contributed by atoms with van der Waals surface area (Å²) in [5.41, 5.74) is 2.29. The summed E-state index contributed by atoms with van der Waals surface area (Å²) in [6, 6.07) is 16.3. The number of hydrogen-bond acceptors (Lipinski definition) is 1. The third-order valence-corrected chi connectivity index (χ3v) is 5.05. The Hall–Kier alpha value is -0.990. The Balaban J connectivity index is 2.02. The van der Waals surface area contributed by atoms with Crippen LogP contribution in [0.25, 0.3) is 0 Å². The first kappa shape index (κ1) is 18.4. The van der Waals surface area contributed by atoms with E-state index < -0.39 is 0 Å². The lowest BCUT2D eigenvalue weighted by Crippen LogP contribution is -2.13. The normalized spacial score (nSPS) is 13.6. The Labute approximate surface area is 153 Å². The molecule has 0 saturated heterocycles. The van der Waals surface area contributed by atoms with Crippen LogP contribution in [0.5, 0.6) is 5.75 Å². The van der Waals surface area contributed by atoms with Crippen molar-refractivity contribution in [2.75, 3.05) is 0 Å². The van der Waals surface area contributed by atoms with E-state index in [1.165, 1.54) is 12.8 Å². The summed E-state index contributed by atoms with van der Waals surface area (Å²) in [5, 5.41) is 0. The molecular weight excluding hydrogens is 372 g/mol. The van der Waals surface area contributed by atoms with Crippen molar-refractivity contribution in [3.63, 3.8) is 0 Å². The number of halogens is 2. The highest BCUT2D eigenvalue weighted by molar-refractivity contribution is 9.10. The van der Waals surface area contributed by atoms with Gasteiger partial charge in [0, 0.05) is 0 Å². The molecule has 0 saturated carbocycles. The van der Waals surface area contributed by atoms with Gasteiger partial charge in [0.05, 0.1) is 9.35 Å². The lowest BCUT2D eigenvalue weighted by molar-refractivity contribution is 0.304. The van der Waals surface area contributed by atoms with Crippen molar-refractivity contribution < 1.29 is 4.74 Å². The van der Waals surface area contributed by atoms with Crippen molar-refractivity contribution in [2.45, 2.75) is 51.0 Å². The molecule has 0 spiro atoms. The summed E-state index contributed by atoms with van der Waals surface area (Å²) < 4.78 is 6.85. The third-order valence-electron chi connectivity index (χ3n) is 4.02. The minimum atomic E-state index is -0.324. The average Bonchev–Trinajstić information content (AvgIpc) is 2.55. The first-order chi connectivity index (χ1) is 11.0. The van der Waals surface area contributed by atoms with E-state index in [2.05, 4.69) is 54.0 Å². The molecule has 23 heavy (non-hydrogen) atoms. The van der Waals surface area contributed by atoms with Gasteiger partial charge in [-0.3, -0.25) is 0 Å². The van der Waals surface area contributed by atoms with E-state index in [4.69, 9.17) is 16.3 Å². The Kier molecular flexibility index (Phi) is 6.98. The smallest absolute Gasteiger partial charge is 0.134 e. The quantitative estimate of drug-likeness (QED) is 0.343. The molecule has 0 aliphatic heterocycles. The summed E-state index contributed by atoms with van der Waals surface area (Å²) >= 11 is 10.3. The van der Waals surface area contributed by atoms with Crippen LogP contribution < -0.4 is 4.74 Å². The van der Waals surface area contributed by atoms with Crippen molar-refractivity contribution in [1.82, 2.24) is 0 Å². The molecule has 0 heterocycles. The van der Waals surface area contributed by atoms with Gasteiger partial charge in [0.1, 0.15) is 12.4 Å². The van der Waals surface area contributed by atoms with Crippen LogP contribution in [0.15, 0.2) is 53.0 Å². The third kappa shape index (κ3) is 5.54. The predicted molar refractivity (Wildman–Crippen MR) is 102 cm³/mol. The molecule has 0 amide bonds. The van der Waals surface area contributed by atoms with Crippen molar-refractivity contribution in [3.05, 3.63) is 64.1 Å². The van der Waals surface area contributed by atoms with E-state index in [-0.39, 0.29) is 4.87 Å². The zero-order valence-corrected chi connectivity index (χ0v) is 16.2. The van der Waals surface area contributed by atoms with Crippen LogP contribution >= 0.6 is 27.5 Å². The number of benzene rings is 2. The Morgan fingerprint density at radius 1 is 1.09 bits per heavy atom. The first-order valence-corrected chi connectivity index (χ1v) is 9.35. The maximum Gasteiger partial charge on any atom is 0.134 e. The number of ether oxygens (including phenoxy) is 1. The molecule has 0 aliphatic rings. The zero-order chi connectivity index (χ0) is 16.7. The van der Waals surface area contributed by atoms with Gasteiger partial charge in [0.25, 0.3) is 0 Å². The van der Waals surface area contributed by atoms with Gasteiger partial charge in [-0.2, -0.15) is 0 Å². The van der Waals surface area contributed by atoms with Crippen molar-refractivity contribution in [1.29, 1.82) is 0 Å². The molecular formula is C20H24BrClO. The van der Waals surface area contributed by atoms with E-state index in [9.17, 15) is 0 Å². The van der Waals surface area contributed by atoms with Crippen LogP contribution in [-0.4, -0.2) is 0 Å². The molecule has 1 unspecified atom stereocenters. The molecule has 0 N–H and O–H groups in total. The lowest BCUT2D eigenvalue weighted by Gasteiger charge is -2.23. The molecule has 1 nitrogen and oxygen atoms in total. The highest BCUT2D eigenvalue weighted by Gasteiger charge is 2.23. The monoisotopic (exact) mass is 394 g/mol. The van der Waals surface area contributed by atoms with Gasteiger partial charge in [-0.25, -0.2) is 0 Å². The minimum absolute atomic E-state index is 0.324. The van der Waals surface area contributed by atoms with Crippen LogP contribution in [0.3, 0.4) is 0 Å². The number of hydrogen-bond donors (Lipinski definition) is 0. The first-order valence-electron chi connectivity index (χ1n) is 8.18. The van der Waals surface area contributed by atoms with Gasteiger partial charge in [-0.15, -0.1) is 11.6 Å². The molecule has 0 fully saturated rings. The van der Waals surface area contributed by atoms with Crippen molar-refractivity contribution in [3.8, 4) is 5.75 Å². The highest BCUT2D eigenvalue weighted by Crippen LogP contribution is 2.38.